The van der Waals surface area contributed by atoms with Crippen LogP contribution in [-0.4, -0.2) is 174 Å². The van der Waals surface area contributed by atoms with Crippen LogP contribution < -0.4 is 54.0 Å². The lowest BCUT2D eigenvalue weighted by Gasteiger charge is -2.28. The number of aliphatic hydroxyl groups is 2. The zero-order valence-corrected chi connectivity index (χ0v) is 45.9. The third-order valence-electron chi connectivity index (χ3n) is 12.6. The number of para-hydroxylation sites is 1. The van der Waals surface area contributed by atoms with E-state index in [0.29, 0.717) is 22.0 Å². The first-order valence-electron chi connectivity index (χ1n) is 26.2. The molecule has 0 saturated carbocycles. The fraction of sp³-hybridized carbons (Fsp3) is 0.509. The number of aromatic nitrogens is 1. The fourth-order valence-electron chi connectivity index (χ4n) is 8.34. The van der Waals surface area contributed by atoms with Gasteiger partial charge in [-0.15, -0.1) is 0 Å². The predicted octanol–water partition coefficient (Wildman–Crippen LogP) is -2.98. The van der Waals surface area contributed by atoms with Gasteiger partial charge in [-0.2, -0.15) is 0 Å². The molecule has 0 fully saturated rings. The number of carbonyl (C=O) groups excluding carboxylic acids is 9. The predicted molar refractivity (Wildman–Crippen MR) is 290 cm³/mol. The van der Waals surface area contributed by atoms with Crippen molar-refractivity contribution in [1.82, 2.24) is 47.5 Å². The van der Waals surface area contributed by atoms with E-state index in [9.17, 15) is 83.1 Å². The van der Waals surface area contributed by atoms with Gasteiger partial charge < -0.3 is 89.6 Å². The number of aliphatic hydroxyl groups excluding tert-OH is 2. The SMILES string of the molecule is CC(C)CC(N)C(=O)NC(CC(=O)O)C(=O)NC(Cc1ccc(O)cc1)C(=O)NC(CO)C(=O)NC(Cc1c[nH]c2ccccc12)C(=O)NC(CC(C)C)C(=O)NC(CCC(N)=O)C(=O)NC(C(=O)NC(CCC(=O)O)C(=O)O)C(C)O. The highest BCUT2D eigenvalue weighted by Crippen LogP contribution is 2.20. The molecule has 10 unspecified atom stereocenters. The molecule has 1 aromatic heterocycles. The van der Waals surface area contributed by atoms with Crippen LogP contribution in [0.4, 0.5) is 0 Å². The highest BCUT2D eigenvalue weighted by molar-refractivity contribution is 5.99. The molecule has 0 spiro atoms. The number of H-pyrrole nitrogens is 1. The second kappa shape index (κ2) is 32.5. The Hall–Kier alpha value is -8.70. The number of carbonyl (C=O) groups is 12. The zero-order valence-electron chi connectivity index (χ0n) is 45.9. The van der Waals surface area contributed by atoms with E-state index < -0.39 is 170 Å². The zero-order chi connectivity index (χ0) is 61.5. The maximum atomic E-state index is 14.6. The number of carboxylic acid groups (broad SMARTS) is 3. The number of carboxylic acids is 3. The molecule has 0 bridgehead atoms. The van der Waals surface area contributed by atoms with Crippen molar-refractivity contribution in [2.45, 2.75) is 153 Å². The molecule has 0 saturated heterocycles. The number of hydrogen-bond acceptors (Lipinski definition) is 16. The smallest absolute Gasteiger partial charge is 0.326 e. The maximum absolute atomic E-state index is 14.6. The molecule has 0 aliphatic heterocycles. The van der Waals surface area contributed by atoms with E-state index in [2.05, 4.69) is 47.5 Å². The van der Waals surface area contributed by atoms with E-state index in [0.717, 1.165) is 6.92 Å². The van der Waals surface area contributed by atoms with Crippen molar-refractivity contribution in [3.05, 3.63) is 65.9 Å². The van der Waals surface area contributed by atoms with Crippen LogP contribution in [0.1, 0.15) is 90.7 Å². The number of rotatable bonds is 35. The van der Waals surface area contributed by atoms with E-state index in [1.807, 2.05) is 0 Å². The number of aliphatic carboxylic acids is 3. The average molecular weight is 1150 g/mol. The second-order valence-corrected chi connectivity index (χ2v) is 20.5. The van der Waals surface area contributed by atoms with Crippen LogP contribution in [0.25, 0.3) is 10.9 Å². The molecule has 3 aromatic rings. The number of fused-ring (bicyclic) bond motifs is 1. The van der Waals surface area contributed by atoms with Gasteiger partial charge in [0.05, 0.1) is 25.2 Å². The molecular weight excluding hydrogens is 1080 g/mol. The van der Waals surface area contributed by atoms with Crippen molar-refractivity contribution in [2.24, 2.45) is 23.3 Å². The van der Waals surface area contributed by atoms with Crippen LogP contribution in [0, 0.1) is 11.8 Å². The Kier molecular flexibility index (Phi) is 26.8. The summed E-state index contributed by atoms with van der Waals surface area (Å²) in [7, 11) is 0. The highest BCUT2D eigenvalue weighted by Gasteiger charge is 2.37. The number of aromatic hydroxyl groups is 1. The summed E-state index contributed by atoms with van der Waals surface area (Å²) in [6.45, 7) is 6.89. The van der Waals surface area contributed by atoms with Gasteiger partial charge >= 0.3 is 17.9 Å². The van der Waals surface area contributed by atoms with Gasteiger partial charge in [-0.3, -0.25) is 52.7 Å². The third kappa shape index (κ3) is 22.4. The van der Waals surface area contributed by atoms with E-state index in [4.69, 9.17) is 16.6 Å². The molecule has 19 N–H and O–H groups in total. The van der Waals surface area contributed by atoms with Gasteiger partial charge in [0.15, 0.2) is 0 Å². The highest BCUT2D eigenvalue weighted by atomic mass is 16.4. The lowest BCUT2D eigenvalue weighted by atomic mass is 9.99. The number of phenolic OH excluding ortho intramolecular Hbond substituents is 1. The fourth-order valence-corrected chi connectivity index (χ4v) is 8.34. The van der Waals surface area contributed by atoms with Crippen molar-refractivity contribution in [3.63, 3.8) is 0 Å². The first-order chi connectivity index (χ1) is 38.5. The quantitative estimate of drug-likeness (QED) is 0.0279. The van der Waals surface area contributed by atoms with Crippen LogP contribution in [0.2, 0.25) is 0 Å². The van der Waals surface area contributed by atoms with Gasteiger partial charge in [0.1, 0.15) is 54.1 Å². The van der Waals surface area contributed by atoms with Crippen molar-refractivity contribution in [2.75, 3.05) is 6.61 Å². The van der Waals surface area contributed by atoms with E-state index in [1.54, 1.807) is 58.2 Å². The van der Waals surface area contributed by atoms with Crippen molar-refractivity contribution in [1.29, 1.82) is 0 Å². The Labute approximate surface area is 470 Å². The van der Waals surface area contributed by atoms with Gasteiger partial charge in [0, 0.05) is 42.8 Å². The number of hydrogen-bond donors (Lipinski definition) is 17. The van der Waals surface area contributed by atoms with Crippen LogP contribution in [0.3, 0.4) is 0 Å². The minimum Gasteiger partial charge on any atom is -0.508 e. The normalized spacial score (nSPS) is 14.9. The van der Waals surface area contributed by atoms with Gasteiger partial charge in [-0.25, -0.2) is 4.79 Å². The monoisotopic (exact) mass is 1150 g/mol. The topological polar surface area (TPSA) is 490 Å². The number of nitrogens with two attached hydrogens (primary N) is 2. The van der Waals surface area contributed by atoms with Crippen LogP contribution in [0.5, 0.6) is 5.75 Å². The van der Waals surface area contributed by atoms with Gasteiger partial charge in [0.25, 0.3) is 0 Å². The Balaban J connectivity index is 1.98. The molecule has 0 aliphatic rings. The van der Waals surface area contributed by atoms with E-state index >= 15 is 0 Å². The molecule has 9 amide bonds. The minimum absolute atomic E-state index is 0.0508. The first-order valence-corrected chi connectivity index (χ1v) is 26.2. The van der Waals surface area contributed by atoms with Gasteiger partial charge in [-0.1, -0.05) is 58.0 Å². The lowest BCUT2D eigenvalue weighted by Crippen LogP contribution is -2.62. The summed E-state index contributed by atoms with van der Waals surface area (Å²) in [5, 5.41) is 78.7. The number of aromatic amines is 1. The summed E-state index contributed by atoms with van der Waals surface area (Å²) in [5.41, 5.74) is 12.8. The number of phenols is 1. The number of amides is 9. The Morgan fingerprint density at radius 3 is 1.57 bits per heavy atom. The lowest BCUT2D eigenvalue weighted by molar-refractivity contribution is -0.144. The van der Waals surface area contributed by atoms with Crippen molar-refractivity contribution >= 4 is 82.0 Å². The Bertz CT molecular complexity index is 2750. The van der Waals surface area contributed by atoms with E-state index in [-0.39, 0.29) is 43.3 Å². The molecule has 0 aliphatic carbocycles. The van der Waals surface area contributed by atoms with Crippen LogP contribution >= 0.6 is 0 Å². The average Bonchev–Trinajstić information content (AvgIpc) is 3.82. The summed E-state index contributed by atoms with van der Waals surface area (Å²) >= 11 is 0. The molecule has 450 valence electrons. The molecule has 0 radical (unpaired) electrons. The molecule has 1 heterocycles. The van der Waals surface area contributed by atoms with Crippen LogP contribution in [0.15, 0.2) is 54.7 Å². The second-order valence-electron chi connectivity index (χ2n) is 20.5. The van der Waals surface area contributed by atoms with Gasteiger partial charge in [0.2, 0.25) is 53.2 Å². The van der Waals surface area contributed by atoms with Crippen molar-refractivity contribution < 1.29 is 88.2 Å². The molecule has 29 nitrogen and oxygen atoms in total. The molecule has 29 heteroatoms. The Morgan fingerprint density at radius 2 is 1.02 bits per heavy atom. The summed E-state index contributed by atoms with van der Waals surface area (Å²) in [6, 6.07) is -2.67. The summed E-state index contributed by atoms with van der Waals surface area (Å²) in [6.07, 6.45) is -3.95. The first kappa shape index (κ1) is 67.6. The number of primary amides is 1. The third-order valence-corrected chi connectivity index (χ3v) is 12.6. The summed E-state index contributed by atoms with van der Waals surface area (Å²) in [5.74, 6) is -14.7. The van der Waals surface area contributed by atoms with Crippen LogP contribution in [-0.2, 0) is 70.4 Å². The molecule has 10 atom stereocenters. The largest absolute Gasteiger partial charge is 0.508 e. The number of benzene rings is 2. The standard InChI is InChI=1S/C53H75N11O18/c1-25(2)18-32(54)45(73)59-39(22-43(71)72)50(78)61-37(20-28-10-12-30(67)13-11-28)48(76)63-40(24-65)51(79)62-38(21-29-23-56-33-9-7-6-8-31(29)33)49(77)60-36(19-26(3)4)47(75)57-34(14-16-41(55)68)46(74)64-44(27(5)66)52(80)58-35(53(81)82)15-17-42(69)70/h6-13,23,25-27,32,34-40,44,56,65-67H,14-22,24,54H2,1-5H3,(H2,55,68)(H,57,75)(H,58,80)(H,59,73)(H,60,77)(H,61,78)(H,62,79)(H,63,76)(H,64,74)(H,69,70)(H,71,72)(H,81,82). The molecular formula is C53H75N11O18. The van der Waals surface area contributed by atoms with E-state index in [1.165, 1.54) is 24.3 Å². The number of nitrogens with one attached hydrogen (secondary N) is 9. The summed E-state index contributed by atoms with van der Waals surface area (Å²) < 4.78 is 0. The molecule has 82 heavy (non-hydrogen) atoms. The maximum Gasteiger partial charge on any atom is 0.326 e. The Morgan fingerprint density at radius 1 is 0.537 bits per heavy atom. The molecule has 3 rings (SSSR count). The summed E-state index contributed by atoms with van der Waals surface area (Å²) in [4.78, 5) is 161. The minimum atomic E-state index is -1.89. The van der Waals surface area contributed by atoms with Gasteiger partial charge in [-0.05, 0) is 73.8 Å². The molecule has 2 aromatic carbocycles. The van der Waals surface area contributed by atoms with Crippen molar-refractivity contribution in [3.8, 4) is 5.75 Å².